The van der Waals surface area contributed by atoms with Crippen molar-refractivity contribution in [3.8, 4) is 11.3 Å². The maximum atomic E-state index is 13.3. The third kappa shape index (κ3) is 7.35. The predicted molar refractivity (Wildman–Crippen MR) is 132 cm³/mol. The van der Waals surface area contributed by atoms with Crippen molar-refractivity contribution in [2.24, 2.45) is 4.99 Å². The molecular formula is C22H26FIN6O. The van der Waals surface area contributed by atoms with Crippen LogP contribution in [0, 0.1) is 5.82 Å². The molecule has 1 amide bonds. The van der Waals surface area contributed by atoms with Gasteiger partial charge in [0.05, 0.1) is 18.4 Å². The molecule has 0 bridgehead atoms. The van der Waals surface area contributed by atoms with Gasteiger partial charge in [-0.25, -0.2) is 14.4 Å². The Morgan fingerprint density at radius 3 is 2.68 bits per heavy atom. The third-order valence-electron chi connectivity index (χ3n) is 4.28. The molecule has 2 aromatic carbocycles. The van der Waals surface area contributed by atoms with E-state index in [2.05, 4.69) is 25.6 Å². The van der Waals surface area contributed by atoms with Gasteiger partial charge in [0.1, 0.15) is 18.2 Å². The molecule has 9 heteroatoms. The van der Waals surface area contributed by atoms with Gasteiger partial charge in [-0.05, 0) is 30.7 Å². The molecule has 0 saturated carbocycles. The lowest BCUT2D eigenvalue weighted by molar-refractivity contribution is -0.114. The van der Waals surface area contributed by atoms with E-state index in [4.69, 9.17) is 0 Å². The van der Waals surface area contributed by atoms with Crippen LogP contribution in [-0.2, 0) is 11.3 Å². The van der Waals surface area contributed by atoms with Gasteiger partial charge in [0.15, 0.2) is 5.96 Å². The highest BCUT2D eigenvalue weighted by atomic mass is 127. The molecular weight excluding hydrogens is 510 g/mol. The molecule has 0 aliphatic carbocycles. The van der Waals surface area contributed by atoms with Gasteiger partial charge in [0, 0.05) is 19.3 Å². The maximum Gasteiger partial charge on any atom is 0.246 e. The van der Waals surface area contributed by atoms with Crippen molar-refractivity contribution in [1.29, 1.82) is 0 Å². The number of halogens is 2. The molecule has 3 aromatic rings. The van der Waals surface area contributed by atoms with Crippen molar-refractivity contribution in [2.75, 3.05) is 25.5 Å². The number of nitrogens with one attached hydrogen (secondary N) is 3. The van der Waals surface area contributed by atoms with Crippen molar-refractivity contribution < 1.29 is 9.18 Å². The van der Waals surface area contributed by atoms with Crippen molar-refractivity contribution >= 4 is 41.5 Å². The third-order valence-corrected chi connectivity index (χ3v) is 4.28. The van der Waals surface area contributed by atoms with E-state index in [0.717, 1.165) is 17.1 Å². The topological polar surface area (TPSA) is 85.4 Å². The molecule has 3 N–H and O–H groups in total. The van der Waals surface area contributed by atoms with Crippen LogP contribution < -0.4 is 10.6 Å². The fourth-order valence-electron chi connectivity index (χ4n) is 2.89. The van der Waals surface area contributed by atoms with Crippen LogP contribution >= 0.6 is 24.0 Å². The molecule has 0 radical (unpaired) electrons. The number of imidazole rings is 1. The van der Waals surface area contributed by atoms with E-state index in [1.165, 1.54) is 12.1 Å². The summed E-state index contributed by atoms with van der Waals surface area (Å²) in [5.41, 5.74) is 2.40. The molecule has 0 fully saturated rings. The van der Waals surface area contributed by atoms with Crippen molar-refractivity contribution in [3.63, 3.8) is 0 Å². The fraction of sp³-hybridized carbons (Fsp3) is 0.227. The Balaban J connectivity index is 0.00000341. The molecule has 7 nitrogen and oxygen atoms in total. The minimum Gasteiger partial charge on any atom is -0.357 e. The summed E-state index contributed by atoms with van der Waals surface area (Å²) in [5, 5.41) is 5.80. The first-order valence-electron chi connectivity index (χ1n) is 9.69. The average molecular weight is 536 g/mol. The number of H-pyrrole nitrogens is 1. The summed E-state index contributed by atoms with van der Waals surface area (Å²) < 4.78 is 13.3. The lowest BCUT2D eigenvalue weighted by atomic mass is 10.2. The number of hydrogen-bond acceptors (Lipinski definition) is 3. The number of hydrogen-bond donors (Lipinski definition) is 3. The summed E-state index contributed by atoms with van der Waals surface area (Å²) in [4.78, 5) is 26.2. The fourth-order valence-corrected chi connectivity index (χ4v) is 2.89. The monoisotopic (exact) mass is 536 g/mol. The molecule has 0 atom stereocenters. The van der Waals surface area contributed by atoms with E-state index < -0.39 is 5.82 Å². The van der Waals surface area contributed by atoms with Gasteiger partial charge < -0.3 is 20.5 Å². The number of amides is 1. The van der Waals surface area contributed by atoms with E-state index in [1.807, 2.05) is 49.2 Å². The first-order chi connectivity index (χ1) is 14.5. The van der Waals surface area contributed by atoms with Gasteiger partial charge in [0.25, 0.3) is 0 Å². The second-order valence-electron chi connectivity index (χ2n) is 6.69. The molecule has 0 unspecified atom stereocenters. The number of aromatic amines is 1. The quantitative estimate of drug-likeness (QED) is 0.243. The maximum absolute atomic E-state index is 13.3. The van der Waals surface area contributed by atoms with Crippen molar-refractivity contribution in [2.45, 2.75) is 13.5 Å². The van der Waals surface area contributed by atoms with Crippen LogP contribution in [0.15, 0.2) is 65.8 Å². The molecule has 3 rings (SSSR count). The van der Waals surface area contributed by atoms with E-state index >= 15 is 0 Å². The normalized spacial score (nSPS) is 10.9. The standard InChI is InChI=1S/C22H25FN6O.HI/c1-3-24-22(26-14-21(30)27-18-11-7-10-17(23)12-18)29(2)15-20-25-13-19(28-20)16-8-5-4-6-9-16;/h4-13H,3,14-15H2,1-2H3,(H,24,26)(H,25,28)(H,27,30);1H. The zero-order valence-corrected chi connectivity index (χ0v) is 19.8. The Morgan fingerprint density at radius 1 is 1.19 bits per heavy atom. The average Bonchev–Trinajstić information content (AvgIpc) is 3.20. The van der Waals surface area contributed by atoms with Crippen LogP contribution in [0.25, 0.3) is 11.3 Å². The Hall–Kier alpha value is -2.95. The number of carbonyl (C=O) groups is 1. The molecule has 0 aliphatic rings. The zero-order valence-electron chi connectivity index (χ0n) is 17.4. The lowest BCUT2D eigenvalue weighted by Gasteiger charge is -2.21. The van der Waals surface area contributed by atoms with Gasteiger partial charge >= 0.3 is 0 Å². The number of guanidine groups is 1. The van der Waals surface area contributed by atoms with Gasteiger partial charge in [0.2, 0.25) is 5.91 Å². The van der Waals surface area contributed by atoms with Crippen LogP contribution in [0.4, 0.5) is 10.1 Å². The van der Waals surface area contributed by atoms with E-state index in [-0.39, 0.29) is 36.4 Å². The van der Waals surface area contributed by atoms with E-state index in [9.17, 15) is 9.18 Å². The molecule has 1 aromatic heterocycles. The minimum atomic E-state index is -0.405. The summed E-state index contributed by atoms with van der Waals surface area (Å²) in [6.45, 7) is 3.01. The summed E-state index contributed by atoms with van der Waals surface area (Å²) >= 11 is 0. The Labute approximate surface area is 198 Å². The second-order valence-corrected chi connectivity index (χ2v) is 6.69. The molecule has 0 spiro atoms. The summed E-state index contributed by atoms with van der Waals surface area (Å²) in [7, 11) is 1.87. The van der Waals surface area contributed by atoms with Gasteiger partial charge in [-0.1, -0.05) is 36.4 Å². The summed E-state index contributed by atoms with van der Waals surface area (Å²) in [5.74, 6) is 0.627. The van der Waals surface area contributed by atoms with Gasteiger partial charge in [-0.2, -0.15) is 0 Å². The van der Waals surface area contributed by atoms with Crippen LogP contribution in [0.5, 0.6) is 0 Å². The first-order valence-corrected chi connectivity index (χ1v) is 9.69. The number of carbonyl (C=O) groups excluding carboxylic acids is 1. The molecule has 31 heavy (non-hydrogen) atoms. The zero-order chi connectivity index (χ0) is 21.3. The first kappa shape index (κ1) is 24.3. The number of aromatic nitrogens is 2. The Bertz CT molecular complexity index is 1010. The van der Waals surface area contributed by atoms with Crippen LogP contribution in [-0.4, -0.2) is 46.9 Å². The molecule has 1 heterocycles. The summed E-state index contributed by atoms with van der Waals surface area (Å²) in [6.07, 6.45) is 1.80. The van der Waals surface area contributed by atoms with Crippen molar-refractivity contribution in [1.82, 2.24) is 20.2 Å². The second kappa shape index (κ2) is 12.0. The minimum absolute atomic E-state index is 0. The van der Waals surface area contributed by atoms with Crippen LogP contribution in [0.1, 0.15) is 12.7 Å². The highest BCUT2D eigenvalue weighted by molar-refractivity contribution is 14.0. The number of rotatable bonds is 7. The van der Waals surface area contributed by atoms with Crippen LogP contribution in [0.3, 0.4) is 0 Å². The number of aliphatic imine (C=N–C) groups is 1. The smallest absolute Gasteiger partial charge is 0.246 e. The largest absolute Gasteiger partial charge is 0.357 e. The molecule has 0 aliphatic heterocycles. The Kier molecular flexibility index (Phi) is 9.44. The number of anilines is 1. The van der Waals surface area contributed by atoms with E-state index in [0.29, 0.717) is 24.7 Å². The van der Waals surface area contributed by atoms with Gasteiger partial charge in [-0.15, -0.1) is 24.0 Å². The number of nitrogens with zero attached hydrogens (tertiary/aromatic N) is 3. The highest BCUT2D eigenvalue weighted by Crippen LogP contribution is 2.16. The molecule has 164 valence electrons. The molecule has 0 saturated heterocycles. The number of benzene rings is 2. The summed E-state index contributed by atoms with van der Waals surface area (Å²) in [6, 6.07) is 15.7. The van der Waals surface area contributed by atoms with E-state index in [1.54, 1.807) is 18.3 Å². The highest BCUT2D eigenvalue weighted by Gasteiger charge is 2.11. The SMILES string of the molecule is CCNC(=NCC(=O)Nc1cccc(F)c1)N(C)Cc1ncc(-c2ccccc2)[nH]1.I. The van der Waals surface area contributed by atoms with Gasteiger partial charge in [-0.3, -0.25) is 4.79 Å². The van der Waals surface area contributed by atoms with Crippen LogP contribution in [0.2, 0.25) is 0 Å². The lowest BCUT2D eigenvalue weighted by Crippen LogP contribution is -2.39. The Morgan fingerprint density at radius 2 is 1.97 bits per heavy atom. The predicted octanol–water partition coefficient (Wildman–Crippen LogP) is 3.87. The van der Waals surface area contributed by atoms with Crippen molar-refractivity contribution in [3.05, 3.63) is 72.4 Å².